The van der Waals surface area contributed by atoms with Gasteiger partial charge in [-0.25, -0.2) is 0 Å². The highest BCUT2D eigenvalue weighted by Gasteiger charge is 2.04. The second-order valence-corrected chi connectivity index (χ2v) is 5.28. The number of anilines is 1. The van der Waals surface area contributed by atoms with Crippen molar-refractivity contribution < 1.29 is 4.42 Å². The maximum Gasteiger partial charge on any atom is 0.134 e. The number of hydrogen-bond acceptors (Lipinski definition) is 2. The molecule has 1 heterocycles. The van der Waals surface area contributed by atoms with E-state index in [4.69, 9.17) is 4.42 Å². The van der Waals surface area contributed by atoms with Crippen molar-refractivity contribution in [2.24, 2.45) is 0 Å². The Hall–Kier alpha value is -2.48. The highest BCUT2D eigenvalue weighted by Crippen LogP contribution is 2.22. The first-order valence-electron chi connectivity index (χ1n) is 7.17. The lowest BCUT2D eigenvalue weighted by molar-refractivity contribution is 0.531. The van der Waals surface area contributed by atoms with Gasteiger partial charge in [-0.15, -0.1) is 0 Å². The van der Waals surface area contributed by atoms with Crippen LogP contribution in [0, 0.1) is 13.8 Å². The average molecular weight is 277 g/mol. The van der Waals surface area contributed by atoms with Crippen LogP contribution in [0.3, 0.4) is 0 Å². The van der Waals surface area contributed by atoms with Gasteiger partial charge in [0.25, 0.3) is 0 Å². The fourth-order valence-electron chi connectivity index (χ4n) is 2.27. The van der Waals surface area contributed by atoms with E-state index < -0.39 is 0 Å². The Labute approximate surface area is 125 Å². The molecule has 0 saturated carbocycles. The SMILES string of the molecule is Cc1ccc(NCc2ccc(-c3ccccc3)o2)cc1C. The molecule has 3 rings (SSSR count). The van der Waals surface area contributed by atoms with E-state index in [1.165, 1.54) is 11.1 Å². The molecule has 3 aromatic rings. The average Bonchev–Trinajstić information content (AvgIpc) is 2.98. The van der Waals surface area contributed by atoms with Gasteiger partial charge in [0.2, 0.25) is 0 Å². The molecule has 0 amide bonds. The summed E-state index contributed by atoms with van der Waals surface area (Å²) >= 11 is 0. The molecule has 106 valence electrons. The molecule has 0 bridgehead atoms. The van der Waals surface area contributed by atoms with Crippen LogP contribution >= 0.6 is 0 Å². The van der Waals surface area contributed by atoms with Crippen LogP contribution in [0.25, 0.3) is 11.3 Å². The molecule has 21 heavy (non-hydrogen) atoms. The second-order valence-electron chi connectivity index (χ2n) is 5.28. The van der Waals surface area contributed by atoms with E-state index in [0.29, 0.717) is 6.54 Å². The molecule has 1 aromatic heterocycles. The van der Waals surface area contributed by atoms with Gasteiger partial charge < -0.3 is 9.73 Å². The summed E-state index contributed by atoms with van der Waals surface area (Å²) in [5, 5.41) is 3.40. The highest BCUT2D eigenvalue weighted by atomic mass is 16.3. The van der Waals surface area contributed by atoms with Crippen LogP contribution in [0.1, 0.15) is 16.9 Å². The first-order chi connectivity index (χ1) is 10.2. The maximum absolute atomic E-state index is 5.88. The minimum absolute atomic E-state index is 0.690. The van der Waals surface area contributed by atoms with Crippen molar-refractivity contribution >= 4 is 5.69 Å². The first-order valence-corrected chi connectivity index (χ1v) is 7.17. The summed E-state index contributed by atoms with van der Waals surface area (Å²) in [6.45, 7) is 4.94. The summed E-state index contributed by atoms with van der Waals surface area (Å²) in [5.41, 5.74) is 4.83. The van der Waals surface area contributed by atoms with Gasteiger partial charge in [-0.2, -0.15) is 0 Å². The minimum Gasteiger partial charge on any atom is -0.459 e. The van der Waals surface area contributed by atoms with E-state index in [9.17, 15) is 0 Å². The zero-order valence-electron chi connectivity index (χ0n) is 12.4. The zero-order valence-corrected chi connectivity index (χ0v) is 12.4. The molecule has 0 unspecified atom stereocenters. The minimum atomic E-state index is 0.690. The predicted molar refractivity (Wildman–Crippen MR) is 87.4 cm³/mol. The lowest BCUT2D eigenvalue weighted by Crippen LogP contribution is -1.98. The van der Waals surface area contributed by atoms with Gasteiger partial charge in [-0.05, 0) is 49.2 Å². The normalized spacial score (nSPS) is 10.6. The Balaban J connectivity index is 1.69. The number of aryl methyl sites for hydroxylation is 2. The van der Waals surface area contributed by atoms with E-state index in [-0.39, 0.29) is 0 Å². The largest absolute Gasteiger partial charge is 0.459 e. The summed E-state index contributed by atoms with van der Waals surface area (Å²) in [7, 11) is 0. The number of hydrogen-bond donors (Lipinski definition) is 1. The summed E-state index contributed by atoms with van der Waals surface area (Å²) in [6.07, 6.45) is 0. The number of furan rings is 1. The third-order valence-corrected chi connectivity index (χ3v) is 3.69. The lowest BCUT2D eigenvalue weighted by atomic mass is 10.1. The molecule has 2 heteroatoms. The van der Waals surface area contributed by atoms with E-state index in [0.717, 1.165) is 22.8 Å². The Bertz CT molecular complexity index is 728. The molecule has 0 aliphatic rings. The maximum atomic E-state index is 5.88. The number of nitrogens with one attached hydrogen (secondary N) is 1. The summed E-state index contributed by atoms with van der Waals surface area (Å²) < 4.78 is 5.88. The van der Waals surface area contributed by atoms with Crippen LogP contribution in [0.4, 0.5) is 5.69 Å². The third-order valence-electron chi connectivity index (χ3n) is 3.69. The van der Waals surface area contributed by atoms with E-state index in [1.807, 2.05) is 30.3 Å². The van der Waals surface area contributed by atoms with Gasteiger partial charge in [0.1, 0.15) is 11.5 Å². The highest BCUT2D eigenvalue weighted by molar-refractivity contribution is 5.57. The molecule has 0 aliphatic carbocycles. The quantitative estimate of drug-likeness (QED) is 0.711. The fraction of sp³-hybridized carbons (Fsp3) is 0.158. The molecule has 0 spiro atoms. The zero-order chi connectivity index (χ0) is 14.7. The molecule has 0 radical (unpaired) electrons. The van der Waals surface area contributed by atoms with Crippen LogP contribution in [0.2, 0.25) is 0 Å². The van der Waals surface area contributed by atoms with Crippen molar-refractivity contribution in [2.45, 2.75) is 20.4 Å². The van der Waals surface area contributed by atoms with Gasteiger partial charge in [-0.1, -0.05) is 36.4 Å². The molecule has 2 aromatic carbocycles. The second kappa shape index (κ2) is 5.88. The fourth-order valence-corrected chi connectivity index (χ4v) is 2.27. The Morgan fingerprint density at radius 2 is 1.67 bits per heavy atom. The molecule has 0 aliphatic heterocycles. The molecule has 0 atom stereocenters. The van der Waals surface area contributed by atoms with Gasteiger partial charge in [0.05, 0.1) is 6.54 Å². The van der Waals surface area contributed by atoms with Gasteiger partial charge in [-0.3, -0.25) is 0 Å². The monoisotopic (exact) mass is 277 g/mol. The van der Waals surface area contributed by atoms with Crippen molar-refractivity contribution in [3.8, 4) is 11.3 Å². The van der Waals surface area contributed by atoms with Crippen molar-refractivity contribution in [1.29, 1.82) is 0 Å². The van der Waals surface area contributed by atoms with E-state index in [1.54, 1.807) is 0 Å². The standard InChI is InChI=1S/C19H19NO/c1-14-8-9-17(12-15(14)2)20-13-18-10-11-19(21-18)16-6-4-3-5-7-16/h3-12,20H,13H2,1-2H3. The van der Waals surface area contributed by atoms with E-state index >= 15 is 0 Å². The Kier molecular flexibility index (Phi) is 3.78. The lowest BCUT2D eigenvalue weighted by Gasteiger charge is -2.07. The molecular formula is C19H19NO. The summed E-state index contributed by atoms with van der Waals surface area (Å²) in [4.78, 5) is 0. The molecular weight excluding hydrogens is 258 g/mol. The third kappa shape index (κ3) is 3.16. The van der Waals surface area contributed by atoms with E-state index in [2.05, 4.69) is 49.5 Å². The number of rotatable bonds is 4. The molecule has 0 fully saturated rings. The van der Waals surface area contributed by atoms with Crippen molar-refractivity contribution in [3.05, 3.63) is 77.6 Å². The molecule has 2 nitrogen and oxygen atoms in total. The summed E-state index contributed by atoms with van der Waals surface area (Å²) in [6, 6.07) is 20.6. The van der Waals surface area contributed by atoms with Gasteiger partial charge in [0, 0.05) is 11.3 Å². The predicted octanol–water partition coefficient (Wildman–Crippen LogP) is 5.18. The first kappa shape index (κ1) is 13.5. The van der Waals surface area contributed by atoms with Crippen LogP contribution < -0.4 is 5.32 Å². The van der Waals surface area contributed by atoms with Crippen LogP contribution in [0.15, 0.2) is 65.1 Å². The van der Waals surface area contributed by atoms with Crippen molar-refractivity contribution in [1.82, 2.24) is 0 Å². The van der Waals surface area contributed by atoms with Crippen LogP contribution in [-0.4, -0.2) is 0 Å². The molecule has 1 N–H and O–H groups in total. The smallest absolute Gasteiger partial charge is 0.134 e. The van der Waals surface area contributed by atoms with Crippen LogP contribution in [0.5, 0.6) is 0 Å². The summed E-state index contributed by atoms with van der Waals surface area (Å²) in [5.74, 6) is 1.85. The molecule has 0 saturated heterocycles. The van der Waals surface area contributed by atoms with Gasteiger partial charge >= 0.3 is 0 Å². The van der Waals surface area contributed by atoms with Crippen molar-refractivity contribution in [3.63, 3.8) is 0 Å². The topological polar surface area (TPSA) is 25.2 Å². The Morgan fingerprint density at radius 3 is 2.43 bits per heavy atom. The van der Waals surface area contributed by atoms with Gasteiger partial charge in [0.15, 0.2) is 0 Å². The Morgan fingerprint density at radius 1 is 0.857 bits per heavy atom. The van der Waals surface area contributed by atoms with Crippen LogP contribution in [-0.2, 0) is 6.54 Å². The van der Waals surface area contributed by atoms with Crippen molar-refractivity contribution in [2.75, 3.05) is 5.32 Å². The number of benzene rings is 2.